The molecule has 0 saturated heterocycles. The highest BCUT2D eigenvalue weighted by atomic mass is 16.5. The van der Waals surface area contributed by atoms with Crippen molar-refractivity contribution in [1.82, 2.24) is 0 Å². The number of hydrogen-bond donors (Lipinski definition) is 0. The van der Waals surface area contributed by atoms with Crippen molar-refractivity contribution < 1.29 is 14.3 Å². The van der Waals surface area contributed by atoms with Gasteiger partial charge in [-0.15, -0.1) is 0 Å². The van der Waals surface area contributed by atoms with Gasteiger partial charge in [0.25, 0.3) is 0 Å². The first kappa shape index (κ1) is 14.6. The summed E-state index contributed by atoms with van der Waals surface area (Å²) in [6.45, 7) is 3.82. The molecule has 0 fully saturated rings. The number of allylic oxidation sites excluding steroid dienone is 3. The molecular formula is C18H19NO3. The molecule has 2 aliphatic rings. The lowest BCUT2D eigenvalue weighted by molar-refractivity contribution is -0.136. The highest BCUT2D eigenvalue weighted by Crippen LogP contribution is 2.45. The van der Waals surface area contributed by atoms with Gasteiger partial charge in [-0.3, -0.25) is 4.99 Å². The fraction of sp³-hybridized carbons (Fsp3) is 0.333. The normalized spacial score (nSPS) is 20.2. The van der Waals surface area contributed by atoms with Gasteiger partial charge in [0.15, 0.2) is 0 Å². The van der Waals surface area contributed by atoms with E-state index in [0.29, 0.717) is 11.3 Å². The van der Waals surface area contributed by atoms with Gasteiger partial charge in [-0.25, -0.2) is 4.79 Å². The molecule has 0 bridgehead atoms. The quantitative estimate of drug-likeness (QED) is 0.788. The van der Waals surface area contributed by atoms with Crippen LogP contribution in [0.1, 0.15) is 30.9 Å². The van der Waals surface area contributed by atoms with Gasteiger partial charge >= 0.3 is 5.97 Å². The summed E-state index contributed by atoms with van der Waals surface area (Å²) in [4.78, 5) is 16.9. The zero-order valence-electron chi connectivity index (χ0n) is 13.3. The summed E-state index contributed by atoms with van der Waals surface area (Å²) in [6.07, 6.45) is 0.721. The van der Waals surface area contributed by atoms with Crippen LogP contribution in [0.5, 0.6) is 0 Å². The van der Waals surface area contributed by atoms with Crippen molar-refractivity contribution in [2.24, 2.45) is 4.99 Å². The molecule has 0 spiro atoms. The number of carbonyl (C=O) groups is 1. The molecule has 22 heavy (non-hydrogen) atoms. The predicted octanol–water partition coefficient (Wildman–Crippen LogP) is 3.15. The van der Waals surface area contributed by atoms with E-state index in [-0.39, 0.29) is 11.9 Å². The maximum Gasteiger partial charge on any atom is 0.336 e. The van der Waals surface area contributed by atoms with Crippen molar-refractivity contribution in [1.29, 1.82) is 0 Å². The number of hydrogen-bond acceptors (Lipinski definition) is 4. The molecule has 4 heteroatoms. The Morgan fingerprint density at radius 1 is 1.23 bits per heavy atom. The molecule has 1 atom stereocenters. The van der Waals surface area contributed by atoms with E-state index in [1.807, 2.05) is 26.0 Å². The van der Waals surface area contributed by atoms with Crippen LogP contribution in [-0.2, 0) is 20.7 Å². The highest BCUT2D eigenvalue weighted by Gasteiger charge is 2.39. The molecule has 0 saturated carbocycles. The van der Waals surface area contributed by atoms with Crippen molar-refractivity contribution in [3.63, 3.8) is 0 Å². The van der Waals surface area contributed by atoms with Crippen LogP contribution >= 0.6 is 0 Å². The minimum Gasteiger partial charge on any atom is -0.500 e. The van der Waals surface area contributed by atoms with Gasteiger partial charge in [0, 0.05) is 29.3 Å². The smallest absolute Gasteiger partial charge is 0.336 e. The van der Waals surface area contributed by atoms with Crippen molar-refractivity contribution in [3.05, 3.63) is 58.0 Å². The Hall–Kier alpha value is -2.36. The van der Waals surface area contributed by atoms with E-state index >= 15 is 0 Å². The third kappa shape index (κ3) is 2.06. The van der Waals surface area contributed by atoms with Gasteiger partial charge in [0.1, 0.15) is 5.76 Å². The van der Waals surface area contributed by atoms with Gasteiger partial charge in [-0.05, 0) is 25.0 Å². The first-order chi connectivity index (χ1) is 10.6. The SMILES string of the molecule is COC(=O)C1=C(C)N=C(C)C2=C(OC)Cc3ccccc3C12. The summed E-state index contributed by atoms with van der Waals surface area (Å²) in [5, 5.41) is 0. The average Bonchev–Trinajstić information content (AvgIpc) is 2.53. The summed E-state index contributed by atoms with van der Waals surface area (Å²) in [6, 6.07) is 8.16. The third-order valence-corrected chi connectivity index (χ3v) is 4.36. The number of aliphatic imine (C=N–C) groups is 1. The second kappa shape index (κ2) is 5.44. The molecule has 0 aromatic heterocycles. The fourth-order valence-corrected chi connectivity index (χ4v) is 3.41. The van der Waals surface area contributed by atoms with E-state index in [0.717, 1.165) is 29.0 Å². The third-order valence-electron chi connectivity index (χ3n) is 4.36. The van der Waals surface area contributed by atoms with Gasteiger partial charge in [0.2, 0.25) is 0 Å². The Balaban J connectivity index is 2.30. The van der Waals surface area contributed by atoms with Crippen molar-refractivity contribution in [2.45, 2.75) is 26.2 Å². The summed E-state index contributed by atoms with van der Waals surface area (Å²) in [5.74, 6) is 0.382. The van der Waals surface area contributed by atoms with Crippen LogP contribution in [0.15, 0.2) is 51.9 Å². The summed E-state index contributed by atoms with van der Waals surface area (Å²) < 4.78 is 10.6. The Morgan fingerprint density at radius 2 is 1.95 bits per heavy atom. The zero-order valence-corrected chi connectivity index (χ0v) is 13.3. The number of ether oxygens (including phenoxy) is 2. The molecular weight excluding hydrogens is 278 g/mol. The number of esters is 1. The standard InChI is InChI=1S/C18H19NO3/c1-10-15-14(21-3)9-12-7-5-6-8-13(12)17(15)16(11(2)19-10)18(20)22-4/h5-8,17H,9H2,1-4H3. The summed E-state index contributed by atoms with van der Waals surface area (Å²) >= 11 is 0. The molecule has 1 aromatic rings. The Kier molecular flexibility index (Phi) is 3.61. The van der Waals surface area contributed by atoms with Crippen LogP contribution in [0.25, 0.3) is 0 Å². The van der Waals surface area contributed by atoms with E-state index in [9.17, 15) is 4.79 Å². The molecule has 1 aliphatic carbocycles. The Labute approximate surface area is 130 Å². The van der Waals surface area contributed by atoms with Crippen molar-refractivity contribution >= 4 is 11.7 Å². The van der Waals surface area contributed by atoms with Crippen LogP contribution in [0, 0.1) is 0 Å². The van der Waals surface area contributed by atoms with Crippen LogP contribution in [-0.4, -0.2) is 25.9 Å². The average molecular weight is 297 g/mol. The summed E-state index contributed by atoms with van der Waals surface area (Å²) in [7, 11) is 3.08. The number of methoxy groups -OCH3 is 2. The zero-order chi connectivity index (χ0) is 15.9. The lowest BCUT2D eigenvalue weighted by Crippen LogP contribution is -2.28. The second-order valence-corrected chi connectivity index (χ2v) is 5.54. The molecule has 1 heterocycles. The van der Waals surface area contributed by atoms with E-state index < -0.39 is 0 Å². The molecule has 0 radical (unpaired) electrons. The van der Waals surface area contributed by atoms with Crippen LogP contribution < -0.4 is 0 Å². The molecule has 1 aromatic carbocycles. The number of rotatable bonds is 2. The predicted molar refractivity (Wildman–Crippen MR) is 84.7 cm³/mol. The van der Waals surface area contributed by atoms with Crippen LogP contribution in [0.2, 0.25) is 0 Å². The lowest BCUT2D eigenvalue weighted by Gasteiger charge is -2.34. The Morgan fingerprint density at radius 3 is 2.64 bits per heavy atom. The monoisotopic (exact) mass is 297 g/mol. The first-order valence-electron chi connectivity index (χ1n) is 7.28. The second-order valence-electron chi connectivity index (χ2n) is 5.54. The van der Waals surface area contributed by atoms with Gasteiger partial charge in [-0.2, -0.15) is 0 Å². The fourth-order valence-electron chi connectivity index (χ4n) is 3.41. The highest BCUT2D eigenvalue weighted by molar-refractivity contribution is 6.07. The number of nitrogens with zero attached hydrogens (tertiary/aromatic N) is 1. The molecule has 1 aliphatic heterocycles. The number of fused-ring (bicyclic) bond motifs is 3. The molecule has 4 nitrogen and oxygen atoms in total. The minimum atomic E-state index is -0.330. The molecule has 1 unspecified atom stereocenters. The molecule has 0 amide bonds. The maximum atomic E-state index is 12.3. The van der Waals surface area contributed by atoms with E-state index in [1.54, 1.807) is 7.11 Å². The first-order valence-corrected chi connectivity index (χ1v) is 7.28. The number of carbonyl (C=O) groups excluding carboxylic acids is 1. The van der Waals surface area contributed by atoms with Gasteiger partial charge in [-0.1, -0.05) is 24.3 Å². The van der Waals surface area contributed by atoms with Crippen molar-refractivity contribution in [3.8, 4) is 0 Å². The molecule has 3 rings (SSSR count). The van der Waals surface area contributed by atoms with E-state index in [1.165, 1.54) is 12.7 Å². The maximum absolute atomic E-state index is 12.3. The van der Waals surface area contributed by atoms with Gasteiger partial charge in [0.05, 0.1) is 19.8 Å². The summed E-state index contributed by atoms with van der Waals surface area (Å²) in [5.41, 5.74) is 5.52. The van der Waals surface area contributed by atoms with Gasteiger partial charge < -0.3 is 9.47 Å². The van der Waals surface area contributed by atoms with Crippen molar-refractivity contribution in [2.75, 3.05) is 14.2 Å². The Bertz CT molecular complexity index is 740. The largest absolute Gasteiger partial charge is 0.500 e. The van der Waals surface area contributed by atoms with Crippen LogP contribution in [0.3, 0.4) is 0 Å². The lowest BCUT2D eigenvalue weighted by atomic mass is 9.73. The van der Waals surface area contributed by atoms with Crippen LogP contribution in [0.4, 0.5) is 0 Å². The minimum absolute atomic E-state index is 0.162. The number of benzene rings is 1. The topological polar surface area (TPSA) is 47.9 Å². The van der Waals surface area contributed by atoms with E-state index in [4.69, 9.17) is 9.47 Å². The van der Waals surface area contributed by atoms with E-state index in [2.05, 4.69) is 17.1 Å². The molecule has 114 valence electrons. The molecule has 0 N–H and O–H groups in total.